The van der Waals surface area contributed by atoms with Gasteiger partial charge in [0.1, 0.15) is 12.4 Å². The lowest BCUT2D eigenvalue weighted by atomic mass is 10.1. The number of rotatable bonds is 3. The van der Waals surface area contributed by atoms with Crippen molar-refractivity contribution >= 4 is 16.7 Å². The SMILES string of the molecule is N#Cc1ccc(Cn2c(CO)nc3cc(N)ccc32)cc1. The molecular formula is C16H14N4O. The van der Waals surface area contributed by atoms with Gasteiger partial charge < -0.3 is 15.4 Å². The summed E-state index contributed by atoms with van der Waals surface area (Å²) >= 11 is 0. The molecule has 0 unspecified atom stereocenters. The Morgan fingerprint density at radius 1 is 1.19 bits per heavy atom. The molecule has 0 saturated carbocycles. The van der Waals surface area contributed by atoms with Gasteiger partial charge in [-0.3, -0.25) is 0 Å². The van der Waals surface area contributed by atoms with Crippen LogP contribution in [0.4, 0.5) is 5.69 Å². The predicted octanol–water partition coefficient (Wildman–Crippen LogP) is 2.03. The van der Waals surface area contributed by atoms with Crippen molar-refractivity contribution in [2.75, 3.05) is 5.73 Å². The number of aromatic nitrogens is 2. The fourth-order valence-electron chi connectivity index (χ4n) is 2.36. The lowest BCUT2D eigenvalue weighted by Gasteiger charge is -2.08. The zero-order valence-corrected chi connectivity index (χ0v) is 11.3. The summed E-state index contributed by atoms with van der Waals surface area (Å²) in [4.78, 5) is 4.40. The van der Waals surface area contributed by atoms with Crippen LogP contribution in [0.1, 0.15) is 17.0 Å². The van der Waals surface area contributed by atoms with E-state index in [1.807, 2.05) is 28.8 Å². The molecule has 0 aliphatic carbocycles. The molecule has 21 heavy (non-hydrogen) atoms. The number of anilines is 1. The van der Waals surface area contributed by atoms with Crippen molar-refractivity contribution in [2.24, 2.45) is 0 Å². The van der Waals surface area contributed by atoms with Crippen molar-refractivity contribution in [3.63, 3.8) is 0 Å². The number of imidazole rings is 1. The third kappa shape index (κ3) is 2.45. The van der Waals surface area contributed by atoms with Gasteiger partial charge in [0.05, 0.1) is 22.7 Å². The summed E-state index contributed by atoms with van der Waals surface area (Å²) in [5.74, 6) is 0.597. The molecule has 0 atom stereocenters. The van der Waals surface area contributed by atoms with E-state index in [4.69, 9.17) is 11.0 Å². The maximum Gasteiger partial charge on any atom is 0.136 e. The molecule has 1 heterocycles. The minimum absolute atomic E-state index is 0.134. The number of nitrogen functional groups attached to an aromatic ring is 1. The molecule has 0 bridgehead atoms. The summed E-state index contributed by atoms with van der Waals surface area (Å²) in [5, 5.41) is 18.3. The first kappa shape index (κ1) is 13.2. The van der Waals surface area contributed by atoms with Gasteiger partial charge in [0, 0.05) is 12.2 Å². The monoisotopic (exact) mass is 278 g/mol. The van der Waals surface area contributed by atoms with Gasteiger partial charge in [0.25, 0.3) is 0 Å². The minimum Gasteiger partial charge on any atom is -0.399 e. The van der Waals surface area contributed by atoms with Crippen LogP contribution in [0.25, 0.3) is 11.0 Å². The van der Waals surface area contributed by atoms with Crippen LogP contribution in [0.5, 0.6) is 0 Å². The number of benzene rings is 2. The zero-order valence-electron chi connectivity index (χ0n) is 11.3. The maximum atomic E-state index is 9.49. The Bertz CT molecular complexity index is 828. The number of aliphatic hydroxyl groups is 1. The second-order valence-corrected chi connectivity index (χ2v) is 4.83. The molecular weight excluding hydrogens is 264 g/mol. The number of fused-ring (bicyclic) bond motifs is 1. The molecule has 0 aliphatic rings. The Balaban J connectivity index is 2.04. The van der Waals surface area contributed by atoms with E-state index in [-0.39, 0.29) is 6.61 Å². The van der Waals surface area contributed by atoms with E-state index in [0.29, 0.717) is 23.6 Å². The lowest BCUT2D eigenvalue weighted by molar-refractivity contribution is 0.267. The number of hydrogen-bond donors (Lipinski definition) is 2. The molecule has 0 aliphatic heterocycles. The number of hydrogen-bond acceptors (Lipinski definition) is 4. The van der Waals surface area contributed by atoms with Crippen LogP contribution < -0.4 is 5.73 Å². The number of nitrogens with two attached hydrogens (primary N) is 1. The van der Waals surface area contributed by atoms with Crippen LogP contribution in [0, 0.1) is 11.3 Å². The van der Waals surface area contributed by atoms with Gasteiger partial charge in [-0.15, -0.1) is 0 Å². The molecule has 0 amide bonds. The second-order valence-electron chi connectivity index (χ2n) is 4.83. The van der Waals surface area contributed by atoms with Crippen LogP contribution in [0.15, 0.2) is 42.5 Å². The summed E-state index contributed by atoms with van der Waals surface area (Å²) in [5.41, 5.74) is 9.78. The molecule has 0 saturated heterocycles. The van der Waals surface area contributed by atoms with Crippen molar-refractivity contribution in [3.05, 3.63) is 59.4 Å². The summed E-state index contributed by atoms with van der Waals surface area (Å²) in [6.45, 7) is 0.451. The molecule has 3 rings (SSSR count). The topological polar surface area (TPSA) is 87.9 Å². The normalized spacial score (nSPS) is 10.7. The fraction of sp³-hybridized carbons (Fsp3) is 0.125. The molecule has 2 aromatic carbocycles. The number of nitriles is 1. The molecule has 5 heteroatoms. The molecule has 0 spiro atoms. The Labute approximate surface area is 121 Å². The summed E-state index contributed by atoms with van der Waals surface area (Å²) in [7, 11) is 0. The highest BCUT2D eigenvalue weighted by Crippen LogP contribution is 2.20. The predicted molar refractivity (Wildman–Crippen MR) is 80.3 cm³/mol. The summed E-state index contributed by atoms with van der Waals surface area (Å²) < 4.78 is 1.95. The van der Waals surface area contributed by atoms with Crippen LogP contribution >= 0.6 is 0 Å². The van der Waals surface area contributed by atoms with Crippen LogP contribution in [-0.4, -0.2) is 14.7 Å². The van der Waals surface area contributed by atoms with E-state index < -0.39 is 0 Å². The highest BCUT2D eigenvalue weighted by atomic mass is 16.3. The molecule has 3 aromatic rings. The van der Waals surface area contributed by atoms with E-state index >= 15 is 0 Å². The van der Waals surface area contributed by atoms with Crippen LogP contribution in [0.3, 0.4) is 0 Å². The first-order valence-corrected chi connectivity index (χ1v) is 6.56. The van der Waals surface area contributed by atoms with Gasteiger partial charge in [-0.05, 0) is 35.9 Å². The highest BCUT2D eigenvalue weighted by Gasteiger charge is 2.10. The van der Waals surface area contributed by atoms with Gasteiger partial charge in [-0.2, -0.15) is 5.26 Å². The van der Waals surface area contributed by atoms with Crippen LogP contribution in [0.2, 0.25) is 0 Å². The van der Waals surface area contributed by atoms with Gasteiger partial charge in [-0.25, -0.2) is 4.98 Å². The van der Waals surface area contributed by atoms with Crippen molar-refractivity contribution in [1.29, 1.82) is 5.26 Å². The van der Waals surface area contributed by atoms with E-state index in [2.05, 4.69) is 11.1 Å². The maximum absolute atomic E-state index is 9.49. The van der Waals surface area contributed by atoms with Gasteiger partial charge in [-0.1, -0.05) is 12.1 Å². The van der Waals surface area contributed by atoms with Crippen molar-refractivity contribution in [3.8, 4) is 6.07 Å². The van der Waals surface area contributed by atoms with Crippen molar-refractivity contribution in [1.82, 2.24) is 9.55 Å². The average molecular weight is 278 g/mol. The second kappa shape index (κ2) is 5.27. The van der Waals surface area contributed by atoms with E-state index in [9.17, 15) is 5.11 Å². The third-order valence-corrected chi connectivity index (χ3v) is 3.42. The Hall–Kier alpha value is -2.84. The molecule has 104 valence electrons. The standard InChI is InChI=1S/C16H14N4O/c17-8-11-1-3-12(4-2-11)9-20-15-6-5-13(18)7-14(15)19-16(20)10-21/h1-7,21H,9-10,18H2. The Morgan fingerprint density at radius 3 is 2.62 bits per heavy atom. The smallest absolute Gasteiger partial charge is 0.136 e. The van der Waals surface area contributed by atoms with E-state index in [1.165, 1.54) is 0 Å². The number of aliphatic hydroxyl groups excluding tert-OH is 1. The van der Waals surface area contributed by atoms with Gasteiger partial charge in [0.2, 0.25) is 0 Å². The molecule has 5 nitrogen and oxygen atoms in total. The molecule has 3 N–H and O–H groups in total. The minimum atomic E-state index is -0.134. The zero-order chi connectivity index (χ0) is 14.8. The van der Waals surface area contributed by atoms with Gasteiger partial charge >= 0.3 is 0 Å². The summed E-state index contributed by atoms with van der Waals surface area (Å²) in [6.07, 6.45) is 0. The summed E-state index contributed by atoms with van der Waals surface area (Å²) in [6, 6.07) is 15.0. The Kier molecular flexibility index (Phi) is 3.30. The quantitative estimate of drug-likeness (QED) is 0.717. The third-order valence-electron chi connectivity index (χ3n) is 3.42. The molecule has 0 fully saturated rings. The number of nitrogens with zero attached hydrogens (tertiary/aromatic N) is 3. The fourth-order valence-corrected chi connectivity index (χ4v) is 2.36. The lowest BCUT2D eigenvalue weighted by Crippen LogP contribution is -2.05. The molecule has 1 aromatic heterocycles. The van der Waals surface area contributed by atoms with Crippen LogP contribution in [-0.2, 0) is 13.2 Å². The van der Waals surface area contributed by atoms with Crippen molar-refractivity contribution in [2.45, 2.75) is 13.2 Å². The van der Waals surface area contributed by atoms with Gasteiger partial charge in [0.15, 0.2) is 0 Å². The highest BCUT2D eigenvalue weighted by molar-refractivity contribution is 5.79. The largest absolute Gasteiger partial charge is 0.399 e. The Morgan fingerprint density at radius 2 is 1.95 bits per heavy atom. The molecule has 0 radical (unpaired) electrons. The van der Waals surface area contributed by atoms with E-state index in [1.54, 1.807) is 18.2 Å². The van der Waals surface area contributed by atoms with Crippen molar-refractivity contribution < 1.29 is 5.11 Å². The van der Waals surface area contributed by atoms with E-state index in [0.717, 1.165) is 16.6 Å². The average Bonchev–Trinajstić information content (AvgIpc) is 2.85. The first-order chi connectivity index (χ1) is 10.2. The first-order valence-electron chi connectivity index (χ1n) is 6.56.